The first-order chi connectivity index (χ1) is 7.84. The summed E-state index contributed by atoms with van der Waals surface area (Å²) in [6, 6.07) is 10.7. The van der Waals surface area contributed by atoms with Crippen molar-refractivity contribution in [1.29, 1.82) is 0 Å². The summed E-state index contributed by atoms with van der Waals surface area (Å²) in [5, 5.41) is 3.48. The third kappa shape index (κ3) is 3.62. The first-order valence-electron chi connectivity index (χ1n) is 6.28. The predicted octanol–water partition coefficient (Wildman–Crippen LogP) is 2.12. The Morgan fingerprint density at radius 2 is 2.12 bits per heavy atom. The van der Waals surface area contributed by atoms with Crippen molar-refractivity contribution in [3.05, 3.63) is 35.9 Å². The molecule has 2 heteroatoms. The monoisotopic (exact) mass is 218 g/mol. The van der Waals surface area contributed by atoms with E-state index in [-0.39, 0.29) is 0 Å². The fourth-order valence-corrected chi connectivity index (χ4v) is 2.48. The summed E-state index contributed by atoms with van der Waals surface area (Å²) < 4.78 is 0. The molecule has 1 heterocycles. The smallest absolute Gasteiger partial charge is 0.0230 e. The molecule has 1 saturated heterocycles. The second-order valence-electron chi connectivity index (χ2n) is 4.89. The number of nitrogens with one attached hydrogen (secondary N) is 1. The first-order valence-corrected chi connectivity index (χ1v) is 6.28. The largest absolute Gasteiger partial charge is 0.316 e. The third-order valence-corrected chi connectivity index (χ3v) is 3.26. The Bertz CT molecular complexity index is 291. The van der Waals surface area contributed by atoms with Gasteiger partial charge in [-0.2, -0.15) is 0 Å². The molecule has 2 nitrogen and oxygen atoms in total. The van der Waals surface area contributed by atoms with E-state index in [9.17, 15) is 0 Å². The Morgan fingerprint density at radius 1 is 1.31 bits per heavy atom. The van der Waals surface area contributed by atoms with E-state index in [4.69, 9.17) is 0 Å². The molecule has 1 N–H and O–H groups in total. The maximum atomic E-state index is 3.48. The van der Waals surface area contributed by atoms with Gasteiger partial charge < -0.3 is 10.2 Å². The van der Waals surface area contributed by atoms with Gasteiger partial charge in [-0.3, -0.25) is 0 Å². The van der Waals surface area contributed by atoms with Gasteiger partial charge in [0, 0.05) is 13.1 Å². The Hall–Kier alpha value is -0.860. The Kier molecular flexibility index (Phi) is 4.37. The number of hydrogen-bond acceptors (Lipinski definition) is 2. The topological polar surface area (TPSA) is 15.3 Å². The summed E-state index contributed by atoms with van der Waals surface area (Å²) in [5.41, 5.74) is 1.41. The molecule has 1 aliphatic heterocycles. The lowest BCUT2D eigenvalue weighted by molar-refractivity contribution is 0.237. The van der Waals surface area contributed by atoms with Gasteiger partial charge in [0.05, 0.1) is 0 Å². The van der Waals surface area contributed by atoms with Gasteiger partial charge in [0.1, 0.15) is 0 Å². The summed E-state index contributed by atoms with van der Waals surface area (Å²) in [6.45, 7) is 4.68. The molecule has 0 aliphatic carbocycles. The van der Waals surface area contributed by atoms with Crippen LogP contribution in [-0.4, -0.2) is 31.6 Å². The van der Waals surface area contributed by atoms with Crippen LogP contribution in [-0.2, 0) is 6.54 Å². The Balaban J connectivity index is 1.77. The highest BCUT2D eigenvalue weighted by Crippen LogP contribution is 2.12. The number of hydrogen-bond donors (Lipinski definition) is 1. The molecular weight excluding hydrogens is 196 g/mol. The molecule has 0 aromatic heterocycles. The average Bonchev–Trinajstić information content (AvgIpc) is 2.31. The van der Waals surface area contributed by atoms with Crippen molar-refractivity contribution < 1.29 is 0 Å². The van der Waals surface area contributed by atoms with Crippen molar-refractivity contribution in [2.24, 2.45) is 5.92 Å². The van der Waals surface area contributed by atoms with Gasteiger partial charge >= 0.3 is 0 Å². The second-order valence-corrected chi connectivity index (χ2v) is 4.89. The summed E-state index contributed by atoms with van der Waals surface area (Å²) in [4.78, 5) is 2.44. The average molecular weight is 218 g/mol. The molecule has 0 radical (unpaired) electrons. The molecule has 16 heavy (non-hydrogen) atoms. The number of benzene rings is 1. The number of rotatable bonds is 4. The number of nitrogens with zero attached hydrogens (tertiary/aromatic N) is 1. The van der Waals surface area contributed by atoms with Crippen molar-refractivity contribution in [3.8, 4) is 0 Å². The molecule has 0 saturated carbocycles. The molecule has 1 aromatic carbocycles. The SMILES string of the molecule is CN(Cc1ccccc1)C[C@H]1CCCNC1. The van der Waals surface area contributed by atoms with Crippen molar-refractivity contribution in [2.75, 3.05) is 26.7 Å². The van der Waals surface area contributed by atoms with Crippen LogP contribution in [0.25, 0.3) is 0 Å². The summed E-state index contributed by atoms with van der Waals surface area (Å²) in [7, 11) is 2.22. The van der Waals surface area contributed by atoms with E-state index in [1.807, 2.05) is 0 Å². The molecule has 1 atom stereocenters. The lowest BCUT2D eigenvalue weighted by Gasteiger charge is -2.27. The Labute approximate surface area is 98.7 Å². The molecule has 1 aromatic rings. The number of piperidine rings is 1. The van der Waals surface area contributed by atoms with Gasteiger partial charge in [0.25, 0.3) is 0 Å². The zero-order chi connectivity index (χ0) is 11.2. The molecule has 0 bridgehead atoms. The van der Waals surface area contributed by atoms with Crippen LogP contribution in [0.1, 0.15) is 18.4 Å². The normalized spacial score (nSPS) is 21.2. The van der Waals surface area contributed by atoms with E-state index in [1.54, 1.807) is 0 Å². The summed E-state index contributed by atoms with van der Waals surface area (Å²) >= 11 is 0. The van der Waals surface area contributed by atoms with E-state index in [0.717, 1.165) is 12.5 Å². The predicted molar refractivity (Wildman–Crippen MR) is 68.4 cm³/mol. The van der Waals surface area contributed by atoms with Gasteiger partial charge in [0.15, 0.2) is 0 Å². The van der Waals surface area contributed by atoms with E-state index in [1.165, 1.54) is 38.0 Å². The van der Waals surface area contributed by atoms with Crippen molar-refractivity contribution in [2.45, 2.75) is 19.4 Å². The third-order valence-electron chi connectivity index (χ3n) is 3.26. The van der Waals surface area contributed by atoms with E-state index >= 15 is 0 Å². The molecule has 0 unspecified atom stereocenters. The van der Waals surface area contributed by atoms with E-state index in [0.29, 0.717) is 0 Å². The maximum Gasteiger partial charge on any atom is 0.0230 e. The highest BCUT2D eigenvalue weighted by Gasteiger charge is 2.14. The zero-order valence-corrected chi connectivity index (χ0v) is 10.2. The van der Waals surface area contributed by atoms with Crippen molar-refractivity contribution in [1.82, 2.24) is 10.2 Å². The second kappa shape index (κ2) is 6.02. The zero-order valence-electron chi connectivity index (χ0n) is 10.2. The fraction of sp³-hybridized carbons (Fsp3) is 0.571. The van der Waals surface area contributed by atoms with E-state index in [2.05, 4.69) is 47.6 Å². The molecule has 0 amide bonds. The van der Waals surface area contributed by atoms with Gasteiger partial charge in [-0.15, -0.1) is 0 Å². The molecule has 1 fully saturated rings. The van der Waals surface area contributed by atoms with E-state index < -0.39 is 0 Å². The lowest BCUT2D eigenvalue weighted by atomic mass is 9.99. The minimum absolute atomic E-state index is 0.836. The van der Waals surface area contributed by atoms with Gasteiger partial charge in [-0.25, -0.2) is 0 Å². The Morgan fingerprint density at radius 3 is 2.81 bits per heavy atom. The van der Waals surface area contributed by atoms with Crippen LogP contribution >= 0.6 is 0 Å². The van der Waals surface area contributed by atoms with Crippen LogP contribution in [0.4, 0.5) is 0 Å². The minimum atomic E-state index is 0.836. The first kappa shape index (κ1) is 11.6. The van der Waals surface area contributed by atoms with Gasteiger partial charge in [-0.05, 0) is 44.5 Å². The highest BCUT2D eigenvalue weighted by molar-refractivity contribution is 5.14. The van der Waals surface area contributed by atoms with Gasteiger partial charge in [0.2, 0.25) is 0 Å². The van der Waals surface area contributed by atoms with Crippen LogP contribution < -0.4 is 5.32 Å². The van der Waals surface area contributed by atoms with Crippen molar-refractivity contribution >= 4 is 0 Å². The van der Waals surface area contributed by atoms with Crippen molar-refractivity contribution in [3.63, 3.8) is 0 Å². The maximum absolute atomic E-state index is 3.48. The van der Waals surface area contributed by atoms with Crippen LogP contribution in [0.5, 0.6) is 0 Å². The molecule has 2 rings (SSSR count). The summed E-state index contributed by atoms with van der Waals surface area (Å²) in [6.07, 6.45) is 2.72. The van der Waals surface area contributed by atoms with Crippen LogP contribution in [0, 0.1) is 5.92 Å². The van der Waals surface area contributed by atoms with Gasteiger partial charge in [-0.1, -0.05) is 30.3 Å². The van der Waals surface area contributed by atoms with Crippen LogP contribution in [0.15, 0.2) is 30.3 Å². The molecule has 1 aliphatic rings. The molecular formula is C14H22N2. The highest BCUT2D eigenvalue weighted by atomic mass is 15.1. The van der Waals surface area contributed by atoms with Crippen LogP contribution in [0.3, 0.4) is 0 Å². The fourth-order valence-electron chi connectivity index (χ4n) is 2.48. The molecule has 0 spiro atoms. The lowest BCUT2D eigenvalue weighted by Crippen LogP contribution is -2.36. The molecule has 88 valence electrons. The summed E-state index contributed by atoms with van der Waals surface area (Å²) in [5.74, 6) is 0.836. The minimum Gasteiger partial charge on any atom is -0.316 e. The van der Waals surface area contributed by atoms with Crippen LogP contribution in [0.2, 0.25) is 0 Å². The quantitative estimate of drug-likeness (QED) is 0.833. The standard InChI is InChI=1S/C14H22N2/c1-16(11-13-6-3-2-4-7-13)12-14-8-5-9-15-10-14/h2-4,6-7,14-15H,5,8-12H2,1H3/t14-/m0/s1.